The van der Waals surface area contributed by atoms with Gasteiger partial charge in [0.05, 0.1) is 11.0 Å². The molecule has 5 nitrogen and oxygen atoms in total. The normalized spacial score (nSPS) is 10.8. The number of hydrogen-bond donors (Lipinski definition) is 2. The van der Waals surface area contributed by atoms with Gasteiger partial charge in [0.15, 0.2) is 0 Å². The number of carbonyl (C=O) groups excluding carboxylic acids is 1. The number of hydrogen-bond acceptors (Lipinski definition) is 3. The molecule has 1 aromatic carbocycles. The Morgan fingerprint density at radius 1 is 1.32 bits per heavy atom. The van der Waals surface area contributed by atoms with Gasteiger partial charge in [-0.05, 0) is 30.3 Å². The zero-order valence-corrected chi connectivity index (χ0v) is 12.2. The average Bonchev–Trinajstić information content (AvgIpc) is 2.89. The van der Waals surface area contributed by atoms with Crippen LogP contribution in [0.15, 0.2) is 36.5 Å². The van der Waals surface area contributed by atoms with E-state index in [-0.39, 0.29) is 16.9 Å². The van der Waals surface area contributed by atoms with Gasteiger partial charge in [-0.1, -0.05) is 11.6 Å². The van der Waals surface area contributed by atoms with E-state index in [4.69, 9.17) is 11.6 Å². The molecule has 22 heavy (non-hydrogen) atoms. The Kier molecular flexibility index (Phi) is 4.02. The van der Waals surface area contributed by atoms with E-state index in [0.717, 1.165) is 0 Å². The second kappa shape index (κ2) is 6.11. The number of nitrogens with one attached hydrogen (secondary N) is 2. The van der Waals surface area contributed by atoms with Crippen LogP contribution >= 0.6 is 11.6 Å². The first-order chi connectivity index (χ1) is 10.6. The second-order valence-electron chi connectivity index (χ2n) is 4.72. The minimum Gasteiger partial charge on any atom is -0.352 e. The van der Waals surface area contributed by atoms with Crippen molar-refractivity contribution in [1.82, 2.24) is 20.3 Å². The van der Waals surface area contributed by atoms with Crippen LogP contribution in [0.4, 0.5) is 4.39 Å². The quantitative estimate of drug-likeness (QED) is 0.727. The van der Waals surface area contributed by atoms with E-state index in [1.54, 1.807) is 12.1 Å². The third-order valence-electron chi connectivity index (χ3n) is 3.13. The topological polar surface area (TPSA) is 70.7 Å². The summed E-state index contributed by atoms with van der Waals surface area (Å²) in [4.78, 5) is 23.1. The summed E-state index contributed by atoms with van der Waals surface area (Å²) < 4.78 is 13.1. The Balaban J connectivity index is 1.61. The maximum absolute atomic E-state index is 13.1. The molecule has 0 saturated carbocycles. The van der Waals surface area contributed by atoms with Gasteiger partial charge in [0.1, 0.15) is 16.8 Å². The summed E-state index contributed by atoms with van der Waals surface area (Å²) in [7, 11) is 0. The fourth-order valence-corrected chi connectivity index (χ4v) is 2.27. The summed E-state index contributed by atoms with van der Waals surface area (Å²) in [5.41, 5.74) is 1.79. The smallest absolute Gasteiger partial charge is 0.251 e. The number of pyridine rings is 1. The summed E-state index contributed by atoms with van der Waals surface area (Å²) in [6.45, 7) is 0.404. The van der Waals surface area contributed by atoms with E-state index in [1.165, 1.54) is 24.4 Å². The Hall–Kier alpha value is -2.47. The fourth-order valence-electron chi connectivity index (χ4n) is 2.09. The number of rotatable bonds is 4. The van der Waals surface area contributed by atoms with Crippen LogP contribution in [0.1, 0.15) is 16.2 Å². The highest BCUT2D eigenvalue weighted by atomic mass is 35.5. The van der Waals surface area contributed by atoms with E-state index >= 15 is 0 Å². The minimum absolute atomic E-state index is 0.230. The van der Waals surface area contributed by atoms with Crippen molar-refractivity contribution in [3.8, 4) is 0 Å². The standard InChI is InChI=1S/C15H12ClFN4O/c16-13-7-9(3-5-18-13)15(22)19-6-4-14-20-11-2-1-10(17)8-12(11)21-14/h1-3,5,7-8H,4,6H2,(H,19,22)(H,20,21). The number of benzene rings is 1. The summed E-state index contributed by atoms with van der Waals surface area (Å²) in [5.74, 6) is 0.144. The lowest BCUT2D eigenvalue weighted by Gasteiger charge is -2.03. The van der Waals surface area contributed by atoms with Crippen molar-refractivity contribution >= 4 is 28.5 Å². The Labute approximate surface area is 130 Å². The van der Waals surface area contributed by atoms with Gasteiger partial charge in [0.25, 0.3) is 5.91 Å². The van der Waals surface area contributed by atoms with Crippen LogP contribution < -0.4 is 5.32 Å². The molecule has 112 valence electrons. The molecular formula is C15H12ClFN4O. The van der Waals surface area contributed by atoms with E-state index in [1.807, 2.05) is 0 Å². The van der Waals surface area contributed by atoms with Gasteiger partial charge < -0.3 is 10.3 Å². The molecule has 0 spiro atoms. The van der Waals surface area contributed by atoms with Crippen LogP contribution in [0, 0.1) is 5.82 Å². The van der Waals surface area contributed by atoms with Gasteiger partial charge in [-0.25, -0.2) is 14.4 Å². The molecule has 3 aromatic rings. The monoisotopic (exact) mass is 318 g/mol. The van der Waals surface area contributed by atoms with Crippen LogP contribution in [-0.4, -0.2) is 27.4 Å². The number of fused-ring (bicyclic) bond motifs is 1. The number of H-pyrrole nitrogens is 1. The van der Waals surface area contributed by atoms with Crippen LogP contribution in [0.5, 0.6) is 0 Å². The van der Waals surface area contributed by atoms with Crippen molar-refractivity contribution in [2.45, 2.75) is 6.42 Å². The maximum atomic E-state index is 13.1. The van der Waals surface area contributed by atoms with Gasteiger partial charge in [-0.2, -0.15) is 0 Å². The van der Waals surface area contributed by atoms with E-state index in [2.05, 4.69) is 20.3 Å². The highest BCUT2D eigenvalue weighted by Gasteiger charge is 2.07. The van der Waals surface area contributed by atoms with Gasteiger partial charge in [-0.3, -0.25) is 4.79 Å². The van der Waals surface area contributed by atoms with Crippen LogP contribution in [0.2, 0.25) is 5.15 Å². The molecule has 0 radical (unpaired) electrons. The largest absolute Gasteiger partial charge is 0.352 e. The molecule has 0 aliphatic rings. The van der Waals surface area contributed by atoms with Crippen molar-refractivity contribution < 1.29 is 9.18 Å². The lowest BCUT2D eigenvalue weighted by molar-refractivity contribution is 0.0954. The number of aromatic nitrogens is 3. The van der Waals surface area contributed by atoms with Crippen LogP contribution in [0.3, 0.4) is 0 Å². The van der Waals surface area contributed by atoms with Crippen molar-refractivity contribution in [3.05, 3.63) is 58.9 Å². The molecule has 0 unspecified atom stereocenters. The lowest BCUT2D eigenvalue weighted by atomic mass is 10.2. The second-order valence-corrected chi connectivity index (χ2v) is 5.11. The van der Waals surface area contributed by atoms with E-state index in [9.17, 15) is 9.18 Å². The Morgan fingerprint density at radius 2 is 2.18 bits per heavy atom. The minimum atomic E-state index is -0.314. The summed E-state index contributed by atoms with van der Waals surface area (Å²) >= 11 is 5.74. The van der Waals surface area contributed by atoms with Crippen molar-refractivity contribution in [1.29, 1.82) is 0 Å². The summed E-state index contributed by atoms with van der Waals surface area (Å²) in [6.07, 6.45) is 1.99. The first-order valence-electron chi connectivity index (χ1n) is 6.66. The summed E-state index contributed by atoms with van der Waals surface area (Å²) in [6, 6.07) is 7.46. The number of nitrogens with zero attached hydrogens (tertiary/aromatic N) is 2. The molecule has 2 N–H and O–H groups in total. The lowest BCUT2D eigenvalue weighted by Crippen LogP contribution is -2.25. The first-order valence-corrected chi connectivity index (χ1v) is 7.03. The van der Waals surface area contributed by atoms with Gasteiger partial charge >= 0.3 is 0 Å². The fraction of sp³-hybridized carbons (Fsp3) is 0.133. The SMILES string of the molecule is O=C(NCCc1nc2ccc(F)cc2[nH]1)c1ccnc(Cl)c1. The maximum Gasteiger partial charge on any atom is 0.251 e. The third-order valence-corrected chi connectivity index (χ3v) is 3.34. The van der Waals surface area contributed by atoms with E-state index < -0.39 is 0 Å². The highest BCUT2D eigenvalue weighted by molar-refractivity contribution is 6.29. The van der Waals surface area contributed by atoms with Crippen molar-refractivity contribution in [3.63, 3.8) is 0 Å². The first kappa shape index (κ1) is 14.5. The van der Waals surface area contributed by atoms with Crippen LogP contribution in [-0.2, 0) is 6.42 Å². The Bertz CT molecular complexity index is 833. The van der Waals surface area contributed by atoms with E-state index in [0.29, 0.717) is 35.4 Å². The third kappa shape index (κ3) is 3.23. The molecule has 0 atom stereocenters. The molecule has 2 heterocycles. The number of carbonyl (C=O) groups is 1. The number of amides is 1. The average molecular weight is 319 g/mol. The van der Waals surface area contributed by atoms with Crippen LogP contribution in [0.25, 0.3) is 11.0 Å². The number of imidazole rings is 1. The molecule has 0 saturated heterocycles. The van der Waals surface area contributed by atoms with Gasteiger partial charge in [0.2, 0.25) is 0 Å². The molecule has 1 amide bonds. The molecule has 2 aromatic heterocycles. The molecular weight excluding hydrogens is 307 g/mol. The number of halogens is 2. The highest BCUT2D eigenvalue weighted by Crippen LogP contribution is 2.13. The summed E-state index contributed by atoms with van der Waals surface area (Å²) in [5, 5.41) is 3.04. The van der Waals surface area contributed by atoms with Crippen molar-refractivity contribution in [2.24, 2.45) is 0 Å². The predicted molar refractivity (Wildman–Crippen MR) is 81.3 cm³/mol. The molecule has 0 aliphatic carbocycles. The van der Waals surface area contributed by atoms with Gasteiger partial charge in [0, 0.05) is 24.7 Å². The molecule has 7 heteroatoms. The zero-order chi connectivity index (χ0) is 15.5. The molecule has 3 rings (SSSR count). The molecule has 0 fully saturated rings. The Morgan fingerprint density at radius 3 is 3.00 bits per heavy atom. The van der Waals surface area contributed by atoms with Gasteiger partial charge in [-0.15, -0.1) is 0 Å². The zero-order valence-electron chi connectivity index (χ0n) is 11.4. The molecule has 0 bridgehead atoms. The molecule has 0 aliphatic heterocycles. The van der Waals surface area contributed by atoms with Crippen molar-refractivity contribution in [2.75, 3.05) is 6.54 Å². The number of aromatic amines is 1. The predicted octanol–water partition coefficient (Wildman–Crippen LogP) is 2.72.